The number of para-hydroxylation sites is 1. The maximum atomic E-state index is 13.4. The highest BCUT2D eigenvalue weighted by Crippen LogP contribution is 2.28. The van der Waals surface area contributed by atoms with Crippen LogP contribution in [0.15, 0.2) is 66.3 Å². The van der Waals surface area contributed by atoms with Crippen molar-refractivity contribution in [2.45, 2.75) is 6.04 Å². The summed E-state index contributed by atoms with van der Waals surface area (Å²) in [6.07, 6.45) is 3.52. The van der Waals surface area contributed by atoms with E-state index in [2.05, 4.69) is 9.88 Å². The largest absolute Gasteiger partial charge is 0.335 e. The molecule has 0 radical (unpaired) electrons. The van der Waals surface area contributed by atoms with Crippen LogP contribution < -0.4 is 0 Å². The van der Waals surface area contributed by atoms with Gasteiger partial charge in [0.15, 0.2) is 5.01 Å². The fraction of sp³-hybridized carbons (Fsp3) is 0.269. The predicted octanol–water partition coefficient (Wildman–Crippen LogP) is 3.51. The summed E-state index contributed by atoms with van der Waals surface area (Å²) in [6.45, 7) is 4.30. The molecule has 0 unspecified atom stereocenters. The Morgan fingerprint density at radius 2 is 1.66 bits per heavy atom. The third-order valence-corrected chi connectivity index (χ3v) is 7.69. The van der Waals surface area contributed by atoms with Gasteiger partial charge in [-0.15, -0.1) is 11.3 Å². The number of piperazine rings is 1. The highest BCUT2D eigenvalue weighted by atomic mass is 32.1. The summed E-state index contributed by atoms with van der Waals surface area (Å²) < 4.78 is 15.4. The van der Waals surface area contributed by atoms with Crippen molar-refractivity contribution in [3.63, 3.8) is 0 Å². The first-order chi connectivity index (χ1) is 17.1. The van der Waals surface area contributed by atoms with E-state index in [1.54, 1.807) is 18.3 Å². The summed E-state index contributed by atoms with van der Waals surface area (Å²) in [4.78, 5) is 36.2. The summed E-state index contributed by atoms with van der Waals surface area (Å²) in [6, 6.07) is 14.4. The van der Waals surface area contributed by atoms with E-state index >= 15 is 0 Å². The molecule has 9 heteroatoms. The molecule has 2 aromatic carbocycles. The van der Waals surface area contributed by atoms with Crippen molar-refractivity contribution in [2.75, 3.05) is 39.3 Å². The van der Waals surface area contributed by atoms with Crippen LogP contribution in [0.3, 0.4) is 0 Å². The number of carbonyl (C=O) groups excluding carboxylic acids is 2. The fourth-order valence-corrected chi connectivity index (χ4v) is 5.54. The average Bonchev–Trinajstić information content (AvgIpc) is 3.52. The number of fused-ring (bicyclic) bond motifs is 1. The second-order valence-corrected chi connectivity index (χ2v) is 9.83. The Hall–Kier alpha value is -3.56. The number of hydrogen-bond donors (Lipinski definition) is 0. The van der Waals surface area contributed by atoms with Crippen molar-refractivity contribution in [1.82, 2.24) is 24.3 Å². The zero-order valence-electron chi connectivity index (χ0n) is 19.0. The van der Waals surface area contributed by atoms with Crippen LogP contribution in [0.4, 0.5) is 4.39 Å². The topological polar surface area (TPSA) is 61.7 Å². The number of halogens is 1. The highest BCUT2D eigenvalue weighted by molar-refractivity contribution is 7.11. The third-order valence-electron chi connectivity index (χ3n) is 6.93. The van der Waals surface area contributed by atoms with Gasteiger partial charge in [-0.1, -0.05) is 18.2 Å². The normalized spacial score (nSPS) is 17.1. The van der Waals surface area contributed by atoms with Gasteiger partial charge < -0.3 is 14.4 Å². The van der Waals surface area contributed by atoms with Crippen LogP contribution in [-0.2, 0) is 0 Å². The second kappa shape index (κ2) is 8.90. The van der Waals surface area contributed by atoms with Gasteiger partial charge in [-0.2, -0.15) is 0 Å². The minimum atomic E-state index is -0.290. The van der Waals surface area contributed by atoms with Gasteiger partial charge in [0.1, 0.15) is 5.82 Å². The number of aromatic nitrogens is 2. The Kier molecular flexibility index (Phi) is 5.58. The summed E-state index contributed by atoms with van der Waals surface area (Å²) in [5.74, 6) is -0.278. The molecule has 4 aromatic rings. The van der Waals surface area contributed by atoms with Gasteiger partial charge in [0.25, 0.3) is 11.8 Å². The molecule has 0 aliphatic carbocycles. The van der Waals surface area contributed by atoms with E-state index in [1.807, 2.05) is 50.2 Å². The molecular weight excluding hydrogens is 465 g/mol. The molecular formula is C26H24FN5O2S. The maximum absolute atomic E-state index is 13.4. The van der Waals surface area contributed by atoms with Crippen molar-refractivity contribution in [2.24, 2.45) is 0 Å². The number of amides is 2. The Labute approximate surface area is 206 Å². The van der Waals surface area contributed by atoms with Crippen molar-refractivity contribution in [3.05, 3.63) is 82.7 Å². The van der Waals surface area contributed by atoms with Crippen molar-refractivity contribution >= 4 is 34.1 Å². The molecule has 0 spiro atoms. The van der Waals surface area contributed by atoms with Gasteiger partial charge in [0.2, 0.25) is 0 Å². The van der Waals surface area contributed by atoms with Gasteiger partial charge in [-0.25, -0.2) is 9.37 Å². The minimum Gasteiger partial charge on any atom is -0.335 e. The zero-order valence-corrected chi connectivity index (χ0v) is 19.8. The SMILES string of the molecule is O=C(c1nccs1)N1CCN(C2CN(C(=O)c3cn(-c4ccc(F)cc4)c4ccccc34)C2)CC1. The monoisotopic (exact) mass is 489 g/mol. The van der Waals surface area contributed by atoms with Crippen LogP contribution in [0, 0.1) is 5.82 Å². The Bertz CT molecular complexity index is 1370. The molecule has 2 aromatic heterocycles. The lowest BCUT2D eigenvalue weighted by Crippen LogP contribution is -2.64. The molecule has 2 aliphatic heterocycles. The van der Waals surface area contributed by atoms with Crippen LogP contribution in [0.1, 0.15) is 20.2 Å². The molecule has 178 valence electrons. The number of nitrogens with zero attached hydrogens (tertiary/aromatic N) is 5. The standard InChI is InChI=1S/C26H24FN5O2S/c27-18-5-7-19(8-6-18)32-17-22(21-3-1-2-4-23(21)32)25(33)31-15-20(16-31)29-10-12-30(13-11-29)26(34)24-28-9-14-35-24/h1-9,14,17,20H,10-13,15-16H2. The van der Waals surface area contributed by atoms with Crippen LogP contribution >= 0.6 is 11.3 Å². The quantitative estimate of drug-likeness (QED) is 0.440. The van der Waals surface area contributed by atoms with E-state index in [0.29, 0.717) is 42.8 Å². The lowest BCUT2D eigenvalue weighted by molar-refractivity contribution is 0.00863. The van der Waals surface area contributed by atoms with Crippen LogP contribution in [0.5, 0.6) is 0 Å². The summed E-state index contributed by atoms with van der Waals surface area (Å²) in [7, 11) is 0. The van der Waals surface area contributed by atoms with Crippen LogP contribution in [0.2, 0.25) is 0 Å². The number of benzene rings is 2. The Morgan fingerprint density at radius 1 is 0.914 bits per heavy atom. The van der Waals surface area contributed by atoms with E-state index in [4.69, 9.17) is 0 Å². The second-order valence-electron chi connectivity index (χ2n) is 8.94. The molecule has 35 heavy (non-hydrogen) atoms. The van der Waals surface area contributed by atoms with Crippen LogP contribution in [0.25, 0.3) is 16.6 Å². The van der Waals surface area contributed by atoms with Gasteiger partial charge in [-0.05, 0) is 30.3 Å². The first-order valence-electron chi connectivity index (χ1n) is 11.7. The minimum absolute atomic E-state index is 0.00242. The zero-order chi connectivity index (χ0) is 23.9. The van der Waals surface area contributed by atoms with Crippen molar-refractivity contribution in [3.8, 4) is 5.69 Å². The molecule has 0 atom stereocenters. The number of thiazole rings is 1. The molecule has 2 fully saturated rings. The Balaban J connectivity index is 1.12. The lowest BCUT2D eigenvalue weighted by atomic mass is 10.0. The van der Waals surface area contributed by atoms with Gasteiger partial charge >= 0.3 is 0 Å². The van der Waals surface area contributed by atoms with E-state index in [0.717, 1.165) is 29.7 Å². The van der Waals surface area contributed by atoms with Crippen LogP contribution in [-0.4, -0.2) is 81.4 Å². The van der Waals surface area contributed by atoms with Crippen molar-refractivity contribution < 1.29 is 14.0 Å². The molecule has 0 saturated carbocycles. The number of hydrogen-bond acceptors (Lipinski definition) is 5. The predicted molar refractivity (Wildman–Crippen MR) is 133 cm³/mol. The highest BCUT2D eigenvalue weighted by Gasteiger charge is 2.38. The molecule has 7 nitrogen and oxygen atoms in total. The summed E-state index contributed by atoms with van der Waals surface area (Å²) in [5.41, 5.74) is 2.39. The molecule has 2 saturated heterocycles. The average molecular weight is 490 g/mol. The smallest absolute Gasteiger partial charge is 0.282 e. The molecule has 4 heterocycles. The lowest BCUT2D eigenvalue weighted by Gasteiger charge is -2.48. The van der Waals surface area contributed by atoms with E-state index in [9.17, 15) is 14.0 Å². The van der Waals surface area contributed by atoms with Gasteiger partial charge in [-0.3, -0.25) is 14.5 Å². The fourth-order valence-electron chi connectivity index (χ4n) is 4.94. The third kappa shape index (κ3) is 4.00. The molecule has 0 N–H and O–H groups in total. The van der Waals surface area contributed by atoms with Gasteiger partial charge in [0.05, 0.1) is 11.1 Å². The first kappa shape index (κ1) is 21.9. The molecule has 2 amide bonds. The van der Waals surface area contributed by atoms with Crippen molar-refractivity contribution in [1.29, 1.82) is 0 Å². The first-order valence-corrected chi connectivity index (χ1v) is 12.5. The number of likely N-dealkylation sites (tertiary alicyclic amines) is 1. The molecule has 6 rings (SSSR count). The van der Waals surface area contributed by atoms with E-state index < -0.39 is 0 Å². The van der Waals surface area contributed by atoms with E-state index in [-0.39, 0.29) is 17.6 Å². The Morgan fingerprint density at radius 3 is 2.37 bits per heavy atom. The molecule has 0 bridgehead atoms. The molecule has 2 aliphatic rings. The number of carbonyl (C=O) groups is 2. The number of rotatable bonds is 4. The van der Waals surface area contributed by atoms with Gasteiger partial charge in [0, 0.05) is 74.2 Å². The summed E-state index contributed by atoms with van der Waals surface area (Å²) >= 11 is 1.37. The van der Waals surface area contributed by atoms with E-state index in [1.165, 1.54) is 23.5 Å². The maximum Gasteiger partial charge on any atom is 0.282 e. The summed E-state index contributed by atoms with van der Waals surface area (Å²) in [5, 5.41) is 3.25.